The average Bonchev–Trinajstić information content (AvgIpc) is 1.86. The summed E-state index contributed by atoms with van der Waals surface area (Å²) >= 11 is 0. The van der Waals surface area contributed by atoms with Gasteiger partial charge < -0.3 is 0 Å². The molecule has 0 saturated carbocycles. The number of nitrogens with zero attached hydrogens (tertiary/aromatic N) is 3. The highest BCUT2D eigenvalue weighted by Crippen LogP contribution is 1.80. The van der Waals surface area contributed by atoms with Gasteiger partial charge in [-0.05, 0) is 0 Å². The van der Waals surface area contributed by atoms with E-state index in [1.54, 1.807) is 4.68 Å². The highest BCUT2D eigenvalue weighted by Gasteiger charge is 1.96. The van der Waals surface area contributed by atoms with Gasteiger partial charge in [0.05, 0.1) is 0 Å². The highest BCUT2D eigenvalue weighted by atomic mass is 15.5. The molecule has 1 aliphatic rings. The maximum Gasteiger partial charge on any atom is 0.212 e. The van der Waals surface area contributed by atoms with Crippen LogP contribution in [0.1, 0.15) is 0 Å². The van der Waals surface area contributed by atoms with Gasteiger partial charge in [-0.25, -0.2) is 0 Å². The molecule has 0 unspecified atom stereocenters. The Balaban J connectivity index is 2.68. The molecule has 0 saturated heterocycles. The van der Waals surface area contributed by atoms with Crippen molar-refractivity contribution in [3.8, 4) is 0 Å². The second kappa shape index (κ2) is 1.16. The van der Waals surface area contributed by atoms with Gasteiger partial charge in [-0.1, -0.05) is 0 Å². The zero-order valence-electron chi connectivity index (χ0n) is 3.63. The maximum atomic E-state index is 3.66. The monoisotopic (exact) mass is 84.1 g/mol. The lowest BCUT2D eigenvalue weighted by molar-refractivity contribution is -0.500. The fourth-order valence-electron chi connectivity index (χ4n) is 0.327. The van der Waals surface area contributed by atoms with E-state index in [-0.39, 0.29) is 0 Å². The molecular formula is C3H6N3+. The first-order valence-corrected chi connectivity index (χ1v) is 1.83. The second-order valence-electron chi connectivity index (χ2n) is 1.17. The molecule has 0 fully saturated rings. The van der Waals surface area contributed by atoms with Crippen LogP contribution in [0, 0.1) is 0 Å². The van der Waals surface area contributed by atoms with Crippen molar-refractivity contribution in [2.75, 3.05) is 13.6 Å². The first-order chi connectivity index (χ1) is 2.89. The third kappa shape index (κ3) is 0.429. The Labute approximate surface area is 36.0 Å². The summed E-state index contributed by atoms with van der Waals surface area (Å²) < 4.78 is 1.69. The van der Waals surface area contributed by atoms with Gasteiger partial charge in [-0.15, -0.1) is 4.68 Å². The lowest BCUT2D eigenvalue weighted by Gasteiger charge is -1.67. The quantitative estimate of drug-likeness (QED) is 0.372. The SMILES string of the molecule is C[N+]1=CCN=N1. The van der Waals surface area contributed by atoms with Crippen LogP contribution in [0.4, 0.5) is 0 Å². The van der Waals surface area contributed by atoms with Crippen molar-refractivity contribution in [3.05, 3.63) is 0 Å². The van der Waals surface area contributed by atoms with Crippen LogP contribution in [0.25, 0.3) is 0 Å². The van der Waals surface area contributed by atoms with E-state index < -0.39 is 0 Å². The van der Waals surface area contributed by atoms with Crippen LogP contribution in [0.3, 0.4) is 0 Å². The molecule has 0 bridgehead atoms. The predicted molar refractivity (Wildman–Crippen MR) is 22.0 cm³/mol. The molecule has 3 nitrogen and oxygen atoms in total. The van der Waals surface area contributed by atoms with Crippen LogP contribution in [-0.2, 0) is 0 Å². The molecule has 0 aliphatic carbocycles. The summed E-state index contributed by atoms with van der Waals surface area (Å²) in [5, 5.41) is 7.30. The van der Waals surface area contributed by atoms with E-state index in [2.05, 4.69) is 10.3 Å². The topological polar surface area (TPSA) is 27.7 Å². The standard InChI is InChI=1S/C3H6N3/c1-6-3-2-4-5-6/h3H,2H2,1H3/q+1. The predicted octanol–water partition coefficient (Wildman–Crippen LogP) is 0.0803. The van der Waals surface area contributed by atoms with Crippen LogP contribution in [0.15, 0.2) is 10.3 Å². The van der Waals surface area contributed by atoms with E-state index in [4.69, 9.17) is 0 Å². The fourth-order valence-corrected chi connectivity index (χ4v) is 0.327. The van der Waals surface area contributed by atoms with E-state index in [0.717, 1.165) is 6.54 Å². The summed E-state index contributed by atoms with van der Waals surface area (Å²) in [4.78, 5) is 0. The summed E-state index contributed by atoms with van der Waals surface area (Å²) in [6, 6.07) is 0. The summed E-state index contributed by atoms with van der Waals surface area (Å²) in [5.74, 6) is 0. The molecule has 0 N–H and O–H groups in total. The van der Waals surface area contributed by atoms with Crippen molar-refractivity contribution in [2.45, 2.75) is 0 Å². The van der Waals surface area contributed by atoms with Crippen LogP contribution >= 0.6 is 0 Å². The number of rotatable bonds is 0. The molecule has 1 rings (SSSR count). The van der Waals surface area contributed by atoms with E-state index >= 15 is 0 Å². The lowest BCUT2D eigenvalue weighted by Crippen LogP contribution is -1.90. The third-order valence-corrected chi connectivity index (χ3v) is 0.632. The Morgan fingerprint density at radius 2 is 2.67 bits per heavy atom. The molecule has 0 aromatic carbocycles. The van der Waals surface area contributed by atoms with Crippen LogP contribution in [0.5, 0.6) is 0 Å². The fraction of sp³-hybridized carbons (Fsp3) is 0.667. The molecule has 0 amide bonds. The number of hydrogen-bond acceptors (Lipinski definition) is 2. The lowest BCUT2D eigenvalue weighted by atomic mass is 10.8. The second-order valence-corrected chi connectivity index (χ2v) is 1.17. The normalized spacial score (nSPS) is 18.5. The van der Waals surface area contributed by atoms with Crippen LogP contribution in [0.2, 0.25) is 0 Å². The van der Waals surface area contributed by atoms with Crippen LogP contribution < -0.4 is 0 Å². The molecule has 0 aromatic rings. The summed E-state index contributed by atoms with van der Waals surface area (Å²) in [6.45, 7) is 0.747. The molecular weight excluding hydrogens is 78.1 g/mol. The molecule has 32 valence electrons. The van der Waals surface area contributed by atoms with E-state index in [0.29, 0.717) is 0 Å². The minimum atomic E-state index is 0.747. The minimum absolute atomic E-state index is 0.747. The molecule has 1 aliphatic heterocycles. The number of hydrogen-bond donors (Lipinski definition) is 0. The summed E-state index contributed by atoms with van der Waals surface area (Å²) in [6.07, 6.45) is 1.90. The molecule has 6 heavy (non-hydrogen) atoms. The van der Waals surface area contributed by atoms with Crippen molar-refractivity contribution in [3.63, 3.8) is 0 Å². The van der Waals surface area contributed by atoms with Gasteiger partial charge >= 0.3 is 0 Å². The first-order valence-electron chi connectivity index (χ1n) is 1.83. The van der Waals surface area contributed by atoms with E-state index in [1.807, 2.05) is 13.3 Å². The van der Waals surface area contributed by atoms with Gasteiger partial charge in [0.15, 0.2) is 0 Å². The zero-order chi connectivity index (χ0) is 4.41. The molecule has 1 heterocycles. The minimum Gasteiger partial charge on any atom is -0.141 e. The van der Waals surface area contributed by atoms with E-state index in [1.165, 1.54) is 0 Å². The maximum absolute atomic E-state index is 3.66. The zero-order valence-corrected chi connectivity index (χ0v) is 3.63. The first kappa shape index (κ1) is 3.46. The Hall–Kier alpha value is -0.730. The average molecular weight is 84.1 g/mol. The van der Waals surface area contributed by atoms with E-state index in [9.17, 15) is 0 Å². The molecule has 0 radical (unpaired) electrons. The van der Waals surface area contributed by atoms with Gasteiger partial charge in [-0.2, -0.15) is 0 Å². The molecule has 0 aromatic heterocycles. The summed E-state index contributed by atoms with van der Waals surface area (Å²) in [5.41, 5.74) is 0. The Morgan fingerprint density at radius 1 is 1.83 bits per heavy atom. The Bertz CT molecular complexity index is 99.9. The third-order valence-electron chi connectivity index (χ3n) is 0.632. The smallest absolute Gasteiger partial charge is 0.141 e. The Kier molecular flexibility index (Phi) is 0.670. The van der Waals surface area contributed by atoms with Gasteiger partial charge in [0, 0.05) is 5.11 Å². The van der Waals surface area contributed by atoms with Gasteiger partial charge in [-0.3, -0.25) is 0 Å². The molecule has 3 heteroatoms. The molecule has 0 atom stereocenters. The van der Waals surface area contributed by atoms with Crippen molar-refractivity contribution in [1.82, 2.24) is 0 Å². The van der Waals surface area contributed by atoms with Gasteiger partial charge in [0.25, 0.3) is 0 Å². The highest BCUT2D eigenvalue weighted by molar-refractivity contribution is 5.54. The van der Waals surface area contributed by atoms with Gasteiger partial charge in [0.2, 0.25) is 6.54 Å². The molecule has 0 spiro atoms. The van der Waals surface area contributed by atoms with Crippen molar-refractivity contribution in [2.24, 2.45) is 10.3 Å². The summed E-state index contributed by atoms with van der Waals surface area (Å²) in [7, 11) is 1.86. The van der Waals surface area contributed by atoms with Crippen molar-refractivity contribution >= 4 is 6.21 Å². The largest absolute Gasteiger partial charge is 0.212 e. The van der Waals surface area contributed by atoms with Gasteiger partial charge in [0.1, 0.15) is 18.5 Å². The van der Waals surface area contributed by atoms with Crippen molar-refractivity contribution in [1.29, 1.82) is 0 Å². The van der Waals surface area contributed by atoms with Crippen molar-refractivity contribution < 1.29 is 4.68 Å². The van der Waals surface area contributed by atoms with Crippen LogP contribution in [-0.4, -0.2) is 24.5 Å². The Morgan fingerprint density at radius 3 is 2.83 bits per heavy atom.